The zero-order valence-corrected chi connectivity index (χ0v) is 12.4. The largest absolute Gasteiger partial charge is 0.411 e. The van der Waals surface area contributed by atoms with E-state index in [0.29, 0.717) is 32.5 Å². The van der Waals surface area contributed by atoms with Crippen molar-refractivity contribution in [3.05, 3.63) is 0 Å². The van der Waals surface area contributed by atoms with Crippen LogP contribution in [0.15, 0.2) is 0 Å². The molecule has 2 N–H and O–H groups in total. The lowest BCUT2D eigenvalue weighted by Gasteiger charge is -2.33. The molecule has 22 heavy (non-hydrogen) atoms. The van der Waals surface area contributed by atoms with Crippen molar-refractivity contribution in [1.82, 2.24) is 10.2 Å². The van der Waals surface area contributed by atoms with E-state index < -0.39 is 18.9 Å². The molecule has 128 valence electrons. The van der Waals surface area contributed by atoms with Crippen molar-refractivity contribution >= 4 is 5.91 Å². The first-order valence-corrected chi connectivity index (χ1v) is 7.70. The van der Waals surface area contributed by atoms with Crippen LogP contribution in [-0.2, 0) is 9.53 Å². The van der Waals surface area contributed by atoms with E-state index in [0.717, 1.165) is 12.8 Å². The van der Waals surface area contributed by atoms with Gasteiger partial charge in [0.05, 0.1) is 6.61 Å². The fourth-order valence-electron chi connectivity index (χ4n) is 2.60. The number of hydrogen-bond acceptors (Lipinski definition) is 4. The van der Waals surface area contributed by atoms with Gasteiger partial charge in [-0.2, -0.15) is 13.2 Å². The van der Waals surface area contributed by atoms with Crippen molar-refractivity contribution in [3.63, 3.8) is 0 Å². The molecule has 1 amide bonds. The van der Waals surface area contributed by atoms with Crippen molar-refractivity contribution < 1.29 is 27.8 Å². The number of aliphatic hydroxyl groups excluding tert-OH is 1. The number of carbonyl (C=O) groups excluding carboxylic acids is 1. The summed E-state index contributed by atoms with van der Waals surface area (Å²) in [5.74, 6) is -0.374. The van der Waals surface area contributed by atoms with Gasteiger partial charge in [-0.1, -0.05) is 0 Å². The van der Waals surface area contributed by atoms with E-state index in [9.17, 15) is 23.1 Å². The molecular weight excluding hydrogens is 301 g/mol. The lowest BCUT2D eigenvalue weighted by molar-refractivity contribution is -0.174. The van der Waals surface area contributed by atoms with Gasteiger partial charge < -0.3 is 20.1 Å². The Labute approximate surface area is 127 Å². The third-order valence-corrected chi connectivity index (χ3v) is 4.09. The average molecular weight is 324 g/mol. The number of hydrogen-bond donors (Lipinski definition) is 2. The number of aliphatic hydroxyl groups is 1. The summed E-state index contributed by atoms with van der Waals surface area (Å²) in [4.78, 5) is 13.8. The summed E-state index contributed by atoms with van der Waals surface area (Å²) < 4.78 is 40.4. The van der Waals surface area contributed by atoms with E-state index >= 15 is 0 Å². The molecule has 2 aliphatic rings. The Kier molecular flexibility index (Phi) is 6.05. The van der Waals surface area contributed by atoms with Crippen LogP contribution in [-0.4, -0.2) is 67.1 Å². The van der Waals surface area contributed by atoms with E-state index in [2.05, 4.69) is 10.1 Å². The molecule has 2 rings (SSSR count). The second-order valence-corrected chi connectivity index (χ2v) is 6.07. The molecule has 1 atom stereocenters. The van der Waals surface area contributed by atoms with Gasteiger partial charge in [0, 0.05) is 12.6 Å². The number of amides is 1. The van der Waals surface area contributed by atoms with Crippen LogP contribution < -0.4 is 5.32 Å². The Morgan fingerprint density at radius 3 is 2.45 bits per heavy atom. The molecule has 0 aromatic rings. The zero-order valence-electron chi connectivity index (χ0n) is 12.4. The summed E-state index contributed by atoms with van der Waals surface area (Å²) in [6, 6.07) is 0.230. The zero-order chi connectivity index (χ0) is 16.2. The van der Waals surface area contributed by atoms with Gasteiger partial charge in [-0.15, -0.1) is 0 Å². The first-order chi connectivity index (χ1) is 10.3. The van der Waals surface area contributed by atoms with Gasteiger partial charge in [-0.25, -0.2) is 0 Å². The smallest absolute Gasteiger partial charge is 0.383 e. The number of halogens is 3. The van der Waals surface area contributed by atoms with E-state index in [1.807, 2.05) is 4.90 Å². The van der Waals surface area contributed by atoms with Gasteiger partial charge in [-0.3, -0.25) is 4.79 Å². The van der Waals surface area contributed by atoms with Crippen molar-refractivity contribution in [2.75, 3.05) is 32.8 Å². The Balaban J connectivity index is 1.59. The lowest BCUT2D eigenvalue weighted by Crippen LogP contribution is -2.45. The minimum Gasteiger partial charge on any atom is -0.383 e. The number of carbonyl (C=O) groups is 1. The van der Waals surface area contributed by atoms with Crippen LogP contribution in [0.5, 0.6) is 0 Å². The Hall–Kier alpha value is -0.860. The van der Waals surface area contributed by atoms with Crippen LogP contribution >= 0.6 is 0 Å². The Bertz CT molecular complexity index is 367. The highest BCUT2D eigenvalue weighted by Crippen LogP contribution is 2.23. The van der Waals surface area contributed by atoms with Crippen molar-refractivity contribution in [1.29, 1.82) is 0 Å². The predicted molar refractivity (Wildman–Crippen MR) is 73.2 cm³/mol. The van der Waals surface area contributed by atoms with Gasteiger partial charge in [0.1, 0.15) is 12.7 Å². The minimum absolute atomic E-state index is 0.0366. The molecule has 0 aromatic heterocycles. The Morgan fingerprint density at radius 1 is 1.27 bits per heavy atom. The van der Waals surface area contributed by atoms with Crippen LogP contribution in [0.25, 0.3) is 0 Å². The summed E-state index contributed by atoms with van der Waals surface area (Å²) >= 11 is 0. The van der Waals surface area contributed by atoms with Crippen molar-refractivity contribution in [2.45, 2.75) is 44.0 Å². The minimum atomic E-state index is -4.29. The number of ether oxygens (including phenoxy) is 1. The molecule has 1 saturated carbocycles. The molecule has 0 bridgehead atoms. The first kappa shape index (κ1) is 17.5. The van der Waals surface area contributed by atoms with Crippen LogP contribution in [0.4, 0.5) is 13.2 Å². The highest BCUT2D eigenvalue weighted by atomic mass is 19.4. The molecule has 0 spiro atoms. The van der Waals surface area contributed by atoms with E-state index in [1.165, 1.54) is 0 Å². The summed E-state index contributed by atoms with van der Waals surface area (Å²) in [7, 11) is 0. The molecule has 0 aromatic carbocycles. The van der Waals surface area contributed by atoms with Gasteiger partial charge in [-0.05, 0) is 44.7 Å². The summed E-state index contributed by atoms with van der Waals surface area (Å²) in [5.41, 5.74) is 0. The quantitative estimate of drug-likeness (QED) is 0.684. The molecule has 8 heteroatoms. The maximum Gasteiger partial charge on any atom is 0.411 e. The highest BCUT2D eigenvalue weighted by Gasteiger charge is 2.33. The number of alkyl halides is 3. The number of likely N-dealkylation sites (tertiary alicyclic amines) is 1. The number of rotatable bonds is 7. The molecule has 1 saturated heterocycles. The van der Waals surface area contributed by atoms with Crippen LogP contribution in [0.1, 0.15) is 25.7 Å². The summed E-state index contributed by atoms with van der Waals surface area (Å²) in [6.45, 7) is 0.577. The molecule has 1 heterocycles. The van der Waals surface area contributed by atoms with Crippen molar-refractivity contribution in [2.24, 2.45) is 5.92 Å². The third kappa shape index (κ3) is 6.10. The molecule has 0 radical (unpaired) electrons. The van der Waals surface area contributed by atoms with Crippen LogP contribution in [0.3, 0.4) is 0 Å². The molecule has 5 nitrogen and oxygen atoms in total. The van der Waals surface area contributed by atoms with Crippen LogP contribution in [0, 0.1) is 5.92 Å². The maximum atomic E-state index is 11.9. The predicted octanol–water partition coefficient (Wildman–Crippen LogP) is 0.917. The fourth-order valence-corrected chi connectivity index (χ4v) is 2.60. The SMILES string of the molecule is O=C(NC1CC1)C(O)C1CCN(CCOCC(F)(F)F)CC1. The monoisotopic (exact) mass is 324 g/mol. The first-order valence-electron chi connectivity index (χ1n) is 7.70. The van der Waals surface area contributed by atoms with Gasteiger partial charge in [0.15, 0.2) is 0 Å². The second-order valence-electron chi connectivity index (χ2n) is 6.07. The van der Waals surface area contributed by atoms with Crippen molar-refractivity contribution in [3.8, 4) is 0 Å². The van der Waals surface area contributed by atoms with E-state index in [4.69, 9.17) is 0 Å². The number of nitrogens with zero attached hydrogens (tertiary/aromatic N) is 1. The standard InChI is InChI=1S/C14H23F3N2O3/c15-14(16,17)9-22-8-7-19-5-3-10(4-6-19)12(20)13(21)18-11-1-2-11/h10-12,20H,1-9H2,(H,18,21). The molecular formula is C14H23F3N2O3. The average Bonchev–Trinajstić information content (AvgIpc) is 3.26. The van der Waals surface area contributed by atoms with Gasteiger partial charge in [0.2, 0.25) is 5.91 Å². The maximum absolute atomic E-state index is 11.9. The molecule has 1 aliphatic heterocycles. The number of nitrogens with one attached hydrogen (secondary N) is 1. The summed E-state index contributed by atoms with van der Waals surface area (Å²) in [5, 5.41) is 12.8. The number of piperidine rings is 1. The normalized spacial score (nSPS) is 22.5. The van der Waals surface area contributed by atoms with Gasteiger partial charge >= 0.3 is 6.18 Å². The molecule has 1 unspecified atom stereocenters. The van der Waals surface area contributed by atoms with E-state index in [-0.39, 0.29) is 24.5 Å². The fraction of sp³-hybridized carbons (Fsp3) is 0.929. The van der Waals surface area contributed by atoms with E-state index in [1.54, 1.807) is 0 Å². The summed E-state index contributed by atoms with van der Waals surface area (Å²) in [6.07, 6.45) is -1.98. The third-order valence-electron chi connectivity index (χ3n) is 4.09. The molecule has 2 fully saturated rings. The highest BCUT2D eigenvalue weighted by molar-refractivity contribution is 5.81. The lowest BCUT2D eigenvalue weighted by atomic mass is 9.90. The molecule has 1 aliphatic carbocycles. The van der Waals surface area contributed by atoms with Gasteiger partial charge in [0.25, 0.3) is 0 Å². The Morgan fingerprint density at radius 2 is 1.91 bits per heavy atom. The van der Waals surface area contributed by atoms with Crippen LogP contribution in [0.2, 0.25) is 0 Å². The topological polar surface area (TPSA) is 61.8 Å². The second kappa shape index (κ2) is 7.61.